The molecule has 0 saturated carbocycles. The van der Waals surface area contributed by atoms with Gasteiger partial charge >= 0.3 is 0 Å². The number of nitrogens with zero attached hydrogens (tertiary/aromatic N) is 3. The van der Waals surface area contributed by atoms with Crippen molar-refractivity contribution >= 4 is 33.1 Å². The van der Waals surface area contributed by atoms with E-state index in [1.807, 2.05) is 6.07 Å². The number of hydrogen-bond donors (Lipinski definition) is 3. The van der Waals surface area contributed by atoms with Gasteiger partial charge in [0.25, 0.3) is 10.0 Å². The fraction of sp³-hybridized carbons (Fsp3) is 0.0556. The minimum atomic E-state index is -3.91. The number of carbonyl (C=O) groups is 1. The lowest BCUT2D eigenvalue weighted by molar-refractivity contribution is -0.114. The number of nitrogen functional groups attached to an aromatic ring is 1. The van der Waals surface area contributed by atoms with Crippen molar-refractivity contribution in [3.05, 3.63) is 60.3 Å². The summed E-state index contributed by atoms with van der Waals surface area (Å²) in [7, 11) is -3.91. The van der Waals surface area contributed by atoms with Crippen molar-refractivity contribution in [2.45, 2.75) is 11.8 Å². The Morgan fingerprint density at radius 1 is 1.18 bits per heavy atom. The fourth-order valence-electron chi connectivity index (χ4n) is 2.51. The Balaban J connectivity index is 1.94. The molecule has 0 aliphatic heterocycles. The molecule has 142 valence electrons. The molecule has 0 unspecified atom stereocenters. The molecule has 0 spiro atoms. The second kappa shape index (κ2) is 7.42. The van der Waals surface area contributed by atoms with Crippen molar-refractivity contribution in [3.8, 4) is 11.8 Å². The maximum atomic E-state index is 12.8. The predicted molar refractivity (Wildman–Crippen MR) is 104 cm³/mol. The van der Waals surface area contributed by atoms with Gasteiger partial charge in [-0.1, -0.05) is 12.1 Å². The molecular weight excluding hydrogens is 380 g/mol. The van der Waals surface area contributed by atoms with Crippen molar-refractivity contribution in [1.29, 1.82) is 5.26 Å². The summed E-state index contributed by atoms with van der Waals surface area (Å²) in [6, 6.07) is 14.2. The number of para-hydroxylation sites is 2. The summed E-state index contributed by atoms with van der Waals surface area (Å²) in [6.45, 7) is 1.36. The highest BCUT2D eigenvalue weighted by Gasteiger charge is 2.18. The summed E-state index contributed by atoms with van der Waals surface area (Å²) >= 11 is 0. The van der Waals surface area contributed by atoms with Gasteiger partial charge in [0.1, 0.15) is 17.5 Å². The molecule has 4 N–H and O–H groups in total. The maximum absolute atomic E-state index is 12.8. The molecule has 2 aromatic carbocycles. The first-order valence-corrected chi connectivity index (χ1v) is 9.53. The number of anilines is 3. The lowest BCUT2D eigenvalue weighted by Crippen LogP contribution is -2.15. The highest BCUT2D eigenvalue weighted by molar-refractivity contribution is 7.92. The lowest BCUT2D eigenvalue weighted by Gasteiger charge is -2.14. The van der Waals surface area contributed by atoms with Crippen molar-refractivity contribution in [3.63, 3.8) is 0 Å². The summed E-state index contributed by atoms with van der Waals surface area (Å²) in [5, 5.41) is 15.7. The molecule has 1 heterocycles. The first-order valence-electron chi connectivity index (χ1n) is 8.05. The normalized spacial score (nSPS) is 10.9. The monoisotopic (exact) mass is 396 g/mol. The van der Waals surface area contributed by atoms with E-state index in [0.717, 1.165) is 0 Å². The Bertz CT molecular complexity index is 1180. The molecular formula is C18H16N6O3S. The Kier molecular flexibility index (Phi) is 5.02. The number of sulfonamides is 1. The molecule has 1 aromatic heterocycles. The van der Waals surface area contributed by atoms with Gasteiger partial charge < -0.3 is 11.1 Å². The summed E-state index contributed by atoms with van der Waals surface area (Å²) in [5.74, 6) is -0.148. The van der Waals surface area contributed by atoms with Crippen molar-refractivity contribution in [1.82, 2.24) is 9.78 Å². The number of carbonyl (C=O) groups excluding carboxylic acids is 1. The number of amides is 1. The zero-order chi connectivity index (χ0) is 20.3. The molecule has 0 aliphatic carbocycles. The zero-order valence-electron chi connectivity index (χ0n) is 14.7. The summed E-state index contributed by atoms with van der Waals surface area (Å²) in [5.41, 5.74) is 7.20. The van der Waals surface area contributed by atoms with Crippen LogP contribution in [0.1, 0.15) is 12.5 Å². The molecule has 3 rings (SSSR count). The van der Waals surface area contributed by atoms with E-state index in [1.165, 1.54) is 42.1 Å². The van der Waals surface area contributed by atoms with E-state index in [4.69, 9.17) is 11.0 Å². The smallest absolute Gasteiger partial charge is 0.261 e. The second-order valence-corrected chi connectivity index (χ2v) is 7.48. The minimum absolute atomic E-state index is 0.0163. The van der Waals surface area contributed by atoms with Gasteiger partial charge in [0.15, 0.2) is 0 Å². The van der Waals surface area contributed by atoms with Crippen LogP contribution in [0.5, 0.6) is 0 Å². The van der Waals surface area contributed by atoms with Gasteiger partial charge in [0, 0.05) is 12.6 Å². The van der Waals surface area contributed by atoms with Crippen LogP contribution in [0.15, 0.2) is 59.6 Å². The first kappa shape index (κ1) is 18.9. The third-order valence-electron chi connectivity index (χ3n) is 3.79. The molecule has 3 aromatic rings. The van der Waals surface area contributed by atoms with Crippen LogP contribution in [0.4, 0.5) is 17.2 Å². The van der Waals surface area contributed by atoms with Crippen LogP contribution in [0.3, 0.4) is 0 Å². The Morgan fingerprint density at radius 3 is 2.46 bits per heavy atom. The number of benzene rings is 2. The first-order chi connectivity index (χ1) is 13.3. The number of aromatic nitrogens is 2. The van der Waals surface area contributed by atoms with Crippen LogP contribution in [0, 0.1) is 11.3 Å². The van der Waals surface area contributed by atoms with Crippen LogP contribution in [-0.2, 0) is 14.8 Å². The van der Waals surface area contributed by atoms with Crippen LogP contribution in [-0.4, -0.2) is 24.1 Å². The molecule has 1 amide bonds. The fourth-order valence-corrected chi connectivity index (χ4v) is 3.58. The molecule has 0 atom stereocenters. The topological polar surface area (TPSA) is 143 Å². The average molecular weight is 396 g/mol. The Hall–Kier alpha value is -3.84. The number of rotatable bonds is 5. The molecule has 28 heavy (non-hydrogen) atoms. The van der Waals surface area contributed by atoms with E-state index < -0.39 is 10.0 Å². The highest BCUT2D eigenvalue weighted by Crippen LogP contribution is 2.26. The van der Waals surface area contributed by atoms with E-state index in [-0.39, 0.29) is 27.9 Å². The van der Waals surface area contributed by atoms with E-state index in [1.54, 1.807) is 24.3 Å². The maximum Gasteiger partial charge on any atom is 0.261 e. The van der Waals surface area contributed by atoms with Crippen LogP contribution in [0.25, 0.3) is 5.69 Å². The number of nitrogens with two attached hydrogens (primary N) is 1. The van der Waals surface area contributed by atoms with Gasteiger partial charge in [-0.3, -0.25) is 9.52 Å². The van der Waals surface area contributed by atoms with Crippen LogP contribution in [0.2, 0.25) is 0 Å². The van der Waals surface area contributed by atoms with Gasteiger partial charge in [0.2, 0.25) is 5.91 Å². The summed E-state index contributed by atoms with van der Waals surface area (Å²) in [4.78, 5) is 11.1. The van der Waals surface area contributed by atoms with Crippen LogP contribution < -0.4 is 15.8 Å². The molecule has 10 heteroatoms. The van der Waals surface area contributed by atoms with Gasteiger partial charge in [-0.15, -0.1) is 0 Å². The summed E-state index contributed by atoms with van der Waals surface area (Å²) < 4.78 is 29.3. The average Bonchev–Trinajstić information content (AvgIpc) is 3.02. The highest BCUT2D eigenvalue weighted by atomic mass is 32.2. The van der Waals surface area contributed by atoms with E-state index in [2.05, 4.69) is 15.1 Å². The predicted octanol–water partition coefficient (Wildman–Crippen LogP) is 2.09. The number of hydrogen-bond acceptors (Lipinski definition) is 6. The summed E-state index contributed by atoms with van der Waals surface area (Å²) in [6.07, 6.45) is 1.31. The molecule has 0 bridgehead atoms. The number of nitriles is 1. The minimum Gasteiger partial charge on any atom is -0.382 e. The SMILES string of the molecule is CC(=O)Nc1ccc(S(=O)(=O)Nc2ccccc2-n2ncc(C#N)c2N)cc1. The molecule has 0 radical (unpaired) electrons. The Labute approximate surface area is 161 Å². The van der Waals surface area contributed by atoms with Crippen molar-refractivity contribution < 1.29 is 13.2 Å². The van der Waals surface area contributed by atoms with Crippen molar-refractivity contribution in [2.75, 3.05) is 15.8 Å². The molecule has 0 aliphatic rings. The van der Waals surface area contributed by atoms with Crippen LogP contribution >= 0.6 is 0 Å². The van der Waals surface area contributed by atoms with Gasteiger partial charge in [-0.05, 0) is 36.4 Å². The van der Waals surface area contributed by atoms with E-state index >= 15 is 0 Å². The van der Waals surface area contributed by atoms with Gasteiger partial charge in [-0.2, -0.15) is 10.4 Å². The second-order valence-electron chi connectivity index (χ2n) is 5.80. The molecule has 9 nitrogen and oxygen atoms in total. The third-order valence-corrected chi connectivity index (χ3v) is 5.17. The van der Waals surface area contributed by atoms with Crippen molar-refractivity contribution in [2.24, 2.45) is 0 Å². The van der Waals surface area contributed by atoms with Gasteiger partial charge in [0.05, 0.1) is 22.5 Å². The van der Waals surface area contributed by atoms with E-state index in [0.29, 0.717) is 11.4 Å². The molecule has 0 fully saturated rings. The van der Waals surface area contributed by atoms with E-state index in [9.17, 15) is 13.2 Å². The van der Waals surface area contributed by atoms with Gasteiger partial charge in [-0.25, -0.2) is 13.1 Å². The Morgan fingerprint density at radius 2 is 1.86 bits per heavy atom. The number of nitrogens with one attached hydrogen (secondary N) is 2. The quantitative estimate of drug-likeness (QED) is 0.602. The lowest BCUT2D eigenvalue weighted by atomic mass is 10.2. The zero-order valence-corrected chi connectivity index (χ0v) is 15.6. The largest absolute Gasteiger partial charge is 0.382 e. The third kappa shape index (κ3) is 3.79. The standard InChI is InChI=1S/C18H16N6O3S/c1-12(25)22-14-6-8-15(9-7-14)28(26,27)23-16-4-2-3-5-17(16)24-18(20)13(10-19)11-21-24/h2-9,11,23H,20H2,1H3,(H,22,25). The molecule has 0 saturated heterocycles.